The molecular formula is C42H52N6O2. The molecular weight excluding hydrogens is 621 g/mol. The summed E-state index contributed by atoms with van der Waals surface area (Å²) in [6.45, 7) is 23.0. The number of nitrogens with zero attached hydrogens (tertiary/aromatic N) is 6. The van der Waals surface area contributed by atoms with Gasteiger partial charge in [0.1, 0.15) is 44.9 Å². The first-order chi connectivity index (χ1) is 23.4. The minimum atomic E-state index is -0.120. The van der Waals surface area contributed by atoms with E-state index in [1.54, 1.807) is 0 Å². The van der Waals surface area contributed by atoms with Crippen molar-refractivity contribution in [2.75, 3.05) is 0 Å². The van der Waals surface area contributed by atoms with E-state index in [1.807, 2.05) is 0 Å². The number of fused-ring (bicyclic) bond motifs is 8. The minimum Gasteiger partial charge on any atom is -0.505 e. The summed E-state index contributed by atoms with van der Waals surface area (Å²) in [5.74, 6) is 0.586. The van der Waals surface area contributed by atoms with Gasteiger partial charge in [-0.2, -0.15) is 0 Å². The number of aryl methyl sites for hydroxylation is 2. The van der Waals surface area contributed by atoms with Gasteiger partial charge in [0.25, 0.3) is 0 Å². The molecule has 8 nitrogen and oxygen atoms in total. The number of para-hydroxylation sites is 4. The highest BCUT2D eigenvalue weighted by atomic mass is 16.3. The largest absolute Gasteiger partial charge is 0.505 e. The van der Waals surface area contributed by atoms with E-state index in [9.17, 15) is 10.2 Å². The first kappa shape index (κ1) is 32.5. The van der Waals surface area contributed by atoms with Crippen molar-refractivity contribution in [1.82, 2.24) is 28.1 Å². The molecule has 8 aromatic rings. The van der Waals surface area contributed by atoms with Crippen molar-refractivity contribution in [2.24, 2.45) is 10.8 Å². The SMILES string of the molecule is CC(C)(C)CC(C)(C)c1cc(CCc2cc(C(C)(C)CC(C)(C)C)cc(-n3n4c5ccccc5n34)c2O)c(O)c(-n2n3c4ccccc4n23)c1. The topological polar surface area (TPSA) is 68.0 Å². The van der Waals surface area contributed by atoms with E-state index >= 15 is 0 Å². The maximum atomic E-state index is 12.0. The molecule has 4 aromatic heterocycles. The lowest BCUT2D eigenvalue weighted by atomic mass is 9.71. The van der Waals surface area contributed by atoms with Crippen molar-refractivity contribution in [3.63, 3.8) is 0 Å². The van der Waals surface area contributed by atoms with Crippen LogP contribution in [0.2, 0.25) is 0 Å². The van der Waals surface area contributed by atoms with E-state index in [1.165, 1.54) is 11.1 Å². The van der Waals surface area contributed by atoms with Crippen LogP contribution in [0.4, 0.5) is 0 Å². The third kappa shape index (κ3) is 5.17. The highest BCUT2D eigenvalue weighted by Crippen LogP contribution is 2.44. The van der Waals surface area contributed by atoms with Crippen LogP contribution in [0.3, 0.4) is 0 Å². The van der Waals surface area contributed by atoms with Crippen molar-refractivity contribution < 1.29 is 10.2 Å². The molecule has 0 aliphatic carbocycles. The Labute approximate surface area is 294 Å². The monoisotopic (exact) mass is 672 g/mol. The Morgan fingerprint density at radius 2 is 0.760 bits per heavy atom. The Bertz CT molecular complexity index is 2230. The summed E-state index contributed by atoms with van der Waals surface area (Å²) in [7, 11) is 0. The van der Waals surface area contributed by atoms with Gasteiger partial charge in [-0.25, -0.2) is 0 Å². The number of phenols is 2. The average molecular weight is 673 g/mol. The van der Waals surface area contributed by atoms with E-state index < -0.39 is 0 Å². The van der Waals surface area contributed by atoms with Crippen molar-refractivity contribution in [1.29, 1.82) is 0 Å². The fourth-order valence-corrected chi connectivity index (χ4v) is 8.94. The van der Waals surface area contributed by atoms with E-state index in [4.69, 9.17) is 0 Å². The number of aromatic nitrogens is 6. The van der Waals surface area contributed by atoms with Gasteiger partial charge in [0.05, 0.1) is 0 Å². The summed E-state index contributed by atoms with van der Waals surface area (Å²) in [5.41, 5.74) is 10.4. The third-order valence-electron chi connectivity index (χ3n) is 10.6. The second-order valence-corrected chi connectivity index (χ2v) is 18.5. The van der Waals surface area contributed by atoms with Gasteiger partial charge in [-0.15, -0.1) is 28.1 Å². The Hall–Kier alpha value is -4.72. The van der Waals surface area contributed by atoms with Crippen molar-refractivity contribution in [2.45, 2.75) is 106 Å². The van der Waals surface area contributed by atoms with Crippen LogP contribution < -0.4 is 0 Å². The summed E-state index contributed by atoms with van der Waals surface area (Å²) in [6, 6.07) is 25.4. The van der Waals surface area contributed by atoms with E-state index in [2.05, 4.69) is 170 Å². The van der Waals surface area contributed by atoms with Crippen LogP contribution >= 0.6 is 0 Å². The summed E-state index contributed by atoms with van der Waals surface area (Å²) < 4.78 is 8.42. The van der Waals surface area contributed by atoms with Crippen molar-refractivity contribution >= 4 is 22.1 Å². The predicted molar refractivity (Wildman–Crippen MR) is 203 cm³/mol. The van der Waals surface area contributed by atoms with E-state index in [0.717, 1.165) is 57.4 Å². The smallest absolute Gasteiger partial charge is 0.146 e. The molecule has 0 fully saturated rings. The zero-order chi connectivity index (χ0) is 35.7. The first-order valence-corrected chi connectivity index (χ1v) is 18.1. The molecule has 8 heteroatoms. The molecule has 0 aliphatic rings. The van der Waals surface area contributed by atoms with Crippen molar-refractivity contribution in [3.8, 4) is 22.9 Å². The molecule has 0 atom stereocenters. The molecule has 8 rings (SSSR count). The highest BCUT2D eigenvalue weighted by Gasteiger charge is 2.34. The summed E-state index contributed by atoms with van der Waals surface area (Å²) in [4.78, 5) is 4.14. The minimum absolute atomic E-state index is 0.120. The molecule has 4 aromatic carbocycles. The molecule has 262 valence electrons. The zero-order valence-electron chi connectivity index (χ0n) is 31.3. The molecule has 0 bridgehead atoms. The number of aromatic hydroxyl groups is 2. The Balaban J connectivity index is 1.22. The first-order valence-electron chi connectivity index (χ1n) is 18.1. The van der Waals surface area contributed by atoms with Gasteiger partial charge in [-0.05, 0) is 106 Å². The molecule has 0 saturated heterocycles. The lowest BCUT2D eigenvalue weighted by Gasteiger charge is -2.34. The fourth-order valence-electron chi connectivity index (χ4n) is 8.94. The number of phenolic OH excluding ortho intramolecular Hbond substituents is 2. The quantitative estimate of drug-likeness (QED) is 0.160. The van der Waals surface area contributed by atoms with Crippen LogP contribution in [0.25, 0.3) is 33.4 Å². The van der Waals surface area contributed by atoms with E-state index in [-0.39, 0.29) is 21.7 Å². The summed E-state index contributed by atoms with van der Waals surface area (Å²) in [6.07, 6.45) is 3.17. The van der Waals surface area contributed by atoms with Crippen LogP contribution in [0.5, 0.6) is 11.5 Å². The Morgan fingerprint density at radius 1 is 0.460 bits per heavy atom. The maximum Gasteiger partial charge on any atom is 0.146 e. The number of hydrogen-bond donors (Lipinski definition) is 2. The van der Waals surface area contributed by atoms with Crippen LogP contribution in [0.15, 0.2) is 72.8 Å². The van der Waals surface area contributed by atoms with Gasteiger partial charge < -0.3 is 10.2 Å². The highest BCUT2D eigenvalue weighted by molar-refractivity contribution is 5.80. The number of rotatable bonds is 9. The molecule has 0 spiro atoms. The lowest BCUT2D eigenvalue weighted by Crippen LogP contribution is -2.25. The second-order valence-electron chi connectivity index (χ2n) is 18.5. The molecule has 0 unspecified atom stereocenters. The fraction of sp³-hybridized carbons (Fsp3) is 0.429. The number of hydrogen-bond acceptors (Lipinski definition) is 2. The normalized spacial score (nSPS) is 13.9. The molecule has 4 heterocycles. The van der Waals surface area contributed by atoms with Crippen LogP contribution in [0, 0.1) is 10.8 Å². The molecule has 0 amide bonds. The van der Waals surface area contributed by atoms with Gasteiger partial charge in [-0.3, -0.25) is 0 Å². The average Bonchev–Trinajstić information content (AvgIpc) is 3.86. The van der Waals surface area contributed by atoms with Gasteiger partial charge in [-0.1, -0.05) is 106 Å². The third-order valence-corrected chi connectivity index (χ3v) is 10.6. The molecule has 50 heavy (non-hydrogen) atoms. The standard InChI is InChI=1S/C42H52N6O2/c1-39(2,3)25-41(7,8)29-21-27(37(49)35(23-29)47-43-31-15-11-12-16-32(31)44(43)47)19-20-28-22-30(42(9,10)26-40(4,5)6)24-36(38(28)50)48-45-33-17-13-14-18-34(33)46(45)48/h11-18,21-24,49-50H,19-20,25-26H2,1-10H3. The van der Waals surface area contributed by atoms with Crippen molar-refractivity contribution in [3.05, 3.63) is 95.1 Å². The predicted octanol–water partition coefficient (Wildman–Crippen LogP) is 9.78. The summed E-state index contributed by atoms with van der Waals surface area (Å²) in [5, 5.41) is 23.9. The molecule has 0 radical (unpaired) electrons. The molecule has 0 aliphatic heterocycles. The molecule has 0 saturated carbocycles. The van der Waals surface area contributed by atoms with Gasteiger partial charge in [0.2, 0.25) is 0 Å². The van der Waals surface area contributed by atoms with E-state index in [0.29, 0.717) is 24.3 Å². The zero-order valence-corrected chi connectivity index (χ0v) is 31.3. The van der Waals surface area contributed by atoms with Gasteiger partial charge in [0, 0.05) is 0 Å². The maximum absolute atomic E-state index is 12.0. The number of benzene rings is 4. The van der Waals surface area contributed by atoms with Crippen LogP contribution in [-0.4, -0.2) is 38.3 Å². The van der Waals surface area contributed by atoms with Gasteiger partial charge in [0.15, 0.2) is 0 Å². The van der Waals surface area contributed by atoms with Gasteiger partial charge >= 0.3 is 0 Å². The Morgan fingerprint density at radius 3 is 1.04 bits per heavy atom. The van der Waals surface area contributed by atoms with Crippen LogP contribution in [0.1, 0.15) is 104 Å². The second kappa shape index (κ2) is 10.4. The summed E-state index contributed by atoms with van der Waals surface area (Å²) >= 11 is 0. The Kier molecular flexibility index (Phi) is 6.76. The van der Waals surface area contributed by atoms with Crippen LogP contribution in [-0.2, 0) is 23.7 Å². The lowest BCUT2D eigenvalue weighted by molar-refractivity contribution is 0.283. The molecule has 2 N–H and O–H groups in total.